The van der Waals surface area contributed by atoms with E-state index in [2.05, 4.69) is 65.5 Å². The van der Waals surface area contributed by atoms with Gasteiger partial charge in [0.15, 0.2) is 0 Å². The number of hydrogen-bond donors (Lipinski definition) is 0. The lowest BCUT2D eigenvalue weighted by atomic mass is 9.79. The molecule has 2 aromatic carbocycles. The van der Waals surface area contributed by atoms with Gasteiger partial charge >= 0.3 is 7.62 Å². The fourth-order valence-corrected chi connectivity index (χ4v) is 3.64. The summed E-state index contributed by atoms with van der Waals surface area (Å²) in [6.45, 7) is 1.10. The SMILES string of the molecule is [B]1OC(c2ccccc2)(c2ccccc2)[C@H]2CCCN12. The molecule has 0 aliphatic carbocycles. The van der Waals surface area contributed by atoms with Crippen LogP contribution in [-0.4, -0.2) is 25.0 Å². The topological polar surface area (TPSA) is 12.5 Å². The predicted octanol–water partition coefficient (Wildman–Crippen LogP) is 2.96. The fourth-order valence-electron chi connectivity index (χ4n) is 3.64. The molecule has 2 fully saturated rings. The summed E-state index contributed by atoms with van der Waals surface area (Å²) < 4.78 is 6.28. The zero-order valence-electron chi connectivity index (χ0n) is 11.4. The smallest absolute Gasteiger partial charge is 0.400 e. The van der Waals surface area contributed by atoms with E-state index in [1.165, 1.54) is 24.0 Å². The van der Waals surface area contributed by atoms with E-state index in [0.29, 0.717) is 6.04 Å². The van der Waals surface area contributed by atoms with Crippen LogP contribution < -0.4 is 0 Å². The second-order valence-electron chi connectivity index (χ2n) is 5.59. The van der Waals surface area contributed by atoms with E-state index in [1.807, 2.05) is 7.62 Å². The first-order chi connectivity index (χ1) is 9.91. The summed E-state index contributed by atoms with van der Waals surface area (Å²) in [5.74, 6) is 0. The Morgan fingerprint density at radius 3 is 2.15 bits per heavy atom. The molecule has 99 valence electrons. The number of fused-ring (bicyclic) bond motifs is 1. The maximum absolute atomic E-state index is 6.28. The molecule has 0 N–H and O–H groups in total. The Hall–Kier alpha value is -1.58. The van der Waals surface area contributed by atoms with Crippen LogP contribution in [0.4, 0.5) is 0 Å². The molecular weight excluding hydrogens is 245 g/mol. The van der Waals surface area contributed by atoms with Crippen LogP contribution in [0.15, 0.2) is 60.7 Å². The Bertz CT molecular complexity index is 547. The van der Waals surface area contributed by atoms with Crippen LogP contribution in [-0.2, 0) is 10.3 Å². The number of hydrogen-bond acceptors (Lipinski definition) is 2. The summed E-state index contributed by atoms with van der Waals surface area (Å²) >= 11 is 0. The summed E-state index contributed by atoms with van der Waals surface area (Å²) in [4.78, 5) is 2.36. The van der Waals surface area contributed by atoms with E-state index in [0.717, 1.165) is 6.54 Å². The van der Waals surface area contributed by atoms with Crippen LogP contribution in [0.5, 0.6) is 0 Å². The van der Waals surface area contributed by atoms with Crippen LogP contribution >= 0.6 is 0 Å². The summed E-state index contributed by atoms with van der Waals surface area (Å²) in [6.07, 6.45) is 2.42. The first-order valence-electron chi connectivity index (χ1n) is 7.29. The van der Waals surface area contributed by atoms with Gasteiger partial charge in [-0.3, -0.25) is 0 Å². The van der Waals surface area contributed by atoms with Crippen molar-refractivity contribution < 1.29 is 4.65 Å². The second-order valence-corrected chi connectivity index (χ2v) is 5.59. The standard InChI is InChI=1S/C17H17BNO/c1-3-8-14(9-4-1)17(15-10-5-2-6-11-15)16-12-7-13-19(16)18-20-17/h1-6,8-11,16H,7,12-13H2/t16-/m1/s1. The Labute approximate surface area is 120 Å². The van der Waals surface area contributed by atoms with Gasteiger partial charge in [-0.1, -0.05) is 60.7 Å². The van der Waals surface area contributed by atoms with Gasteiger partial charge in [-0.25, -0.2) is 0 Å². The molecule has 2 nitrogen and oxygen atoms in total. The van der Waals surface area contributed by atoms with Gasteiger partial charge in [-0.2, -0.15) is 0 Å². The molecule has 0 spiro atoms. The molecule has 0 amide bonds. The van der Waals surface area contributed by atoms with Crippen LogP contribution in [0.25, 0.3) is 0 Å². The van der Waals surface area contributed by atoms with E-state index < -0.39 is 0 Å². The lowest BCUT2D eigenvalue weighted by molar-refractivity contribution is 0.109. The minimum Gasteiger partial charge on any atom is -0.409 e. The lowest BCUT2D eigenvalue weighted by Gasteiger charge is -2.36. The van der Waals surface area contributed by atoms with Crippen molar-refractivity contribution in [2.45, 2.75) is 24.5 Å². The zero-order valence-corrected chi connectivity index (χ0v) is 11.4. The minimum absolute atomic E-state index is 0.348. The van der Waals surface area contributed by atoms with Crippen LogP contribution in [0.2, 0.25) is 0 Å². The van der Waals surface area contributed by atoms with Gasteiger partial charge in [0.05, 0.1) is 0 Å². The molecule has 2 aliphatic heterocycles. The molecule has 1 atom stereocenters. The van der Waals surface area contributed by atoms with Crippen molar-refractivity contribution >= 4 is 7.62 Å². The summed E-state index contributed by atoms with van der Waals surface area (Å²) in [6, 6.07) is 21.7. The average molecular weight is 262 g/mol. The highest BCUT2D eigenvalue weighted by atomic mass is 16.5. The van der Waals surface area contributed by atoms with Crippen LogP contribution in [0.1, 0.15) is 24.0 Å². The highest BCUT2D eigenvalue weighted by molar-refractivity contribution is 6.25. The Kier molecular flexibility index (Phi) is 2.90. The third-order valence-corrected chi connectivity index (χ3v) is 4.54. The maximum atomic E-state index is 6.28. The molecule has 2 aromatic rings. The minimum atomic E-state index is -0.348. The third-order valence-electron chi connectivity index (χ3n) is 4.54. The molecule has 0 unspecified atom stereocenters. The summed E-state index contributed by atoms with van der Waals surface area (Å²) in [5, 5.41) is 0. The van der Waals surface area contributed by atoms with Crippen molar-refractivity contribution in [1.29, 1.82) is 0 Å². The molecule has 4 rings (SSSR count). The van der Waals surface area contributed by atoms with Crippen LogP contribution in [0, 0.1) is 0 Å². The van der Waals surface area contributed by atoms with Crippen LogP contribution in [0.3, 0.4) is 0 Å². The molecule has 2 aliphatic rings. The van der Waals surface area contributed by atoms with Gasteiger partial charge in [-0.15, -0.1) is 0 Å². The Balaban J connectivity index is 1.90. The summed E-state index contributed by atoms with van der Waals surface area (Å²) in [7, 11) is 1.94. The van der Waals surface area contributed by atoms with E-state index in [1.54, 1.807) is 0 Å². The van der Waals surface area contributed by atoms with Crippen molar-refractivity contribution in [3.63, 3.8) is 0 Å². The molecule has 1 radical (unpaired) electrons. The van der Waals surface area contributed by atoms with Crippen molar-refractivity contribution in [2.24, 2.45) is 0 Å². The van der Waals surface area contributed by atoms with Crippen molar-refractivity contribution in [3.05, 3.63) is 71.8 Å². The van der Waals surface area contributed by atoms with Crippen molar-refractivity contribution in [3.8, 4) is 0 Å². The quantitative estimate of drug-likeness (QED) is 0.771. The first-order valence-corrected chi connectivity index (χ1v) is 7.29. The molecule has 2 heterocycles. The molecule has 3 heteroatoms. The molecule has 0 saturated carbocycles. The van der Waals surface area contributed by atoms with Gasteiger partial charge in [0, 0.05) is 6.04 Å². The van der Waals surface area contributed by atoms with E-state index >= 15 is 0 Å². The molecule has 0 aromatic heterocycles. The van der Waals surface area contributed by atoms with Gasteiger partial charge in [0.25, 0.3) is 0 Å². The average Bonchev–Trinajstić information content (AvgIpc) is 3.11. The second kappa shape index (κ2) is 4.76. The zero-order chi connectivity index (χ0) is 13.4. The lowest BCUT2D eigenvalue weighted by Crippen LogP contribution is -2.40. The normalized spacial score (nSPS) is 24.3. The first kappa shape index (κ1) is 12.2. The number of rotatable bonds is 2. The number of nitrogens with zero attached hydrogens (tertiary/aromatic N) is 1. The fraction of sp³-hybridized carbons (Fsp3) is 0.294. The Morgan fingerprint density at radius 2 is 1.55 bits per heavy atom. The van der Waals surface area contributed by atoms with Crippen molar-refractivity contribution in [1.82, 2.24) is 4.81 Å². The molecule has 20 heavy (non-hydrogen) atoms. The van der Waals surface area contributed by atoms with Gasteiger partial charge in [0.2, 0.25) is 0 Å². The third kappa shape index (κ3) is 1.67. The monoisotopic (exact) mass is 262 g/mol. The van der Waals surface area contributed by atoms with Crippen molar-refractivity contribution in [2.75, 3.05) is 6.54 Å². The molecule has 2 saturated heterocycles. The molecular formula is C17H17BNO. The predicted molar refractivity (Wildman–Crippen MR) is 80.2 cm³/mol. The van der Waals surface area contributed by atoms with E-state index in [4.69, 9.17) is 4.65 Å². The highest BCUT2D eigenvalue weighted by Gasteiger charge is 2.52. The number of benzene rings is 2. The van der Waals surface area contributed by atoms with Gasteiger partial charge < -0.3 is 9.47 Å². The highest BCUT2D eigenvalue weighted by Crippen LogP contribution is 2.46. The van der Waals surface area contributed by atoms with Gasteiger partial charge in [0.1, 0.15) is 5.60 Å². The van der Waals surface area contributed by atoms with E-state index in [9.17, 15) is 0 Å². The largest absolute Gasteiger partial charge is 0.409 e. The molecule has 0 bridgehead atoms. The Morgan fingerprint density at radius 1 is 0.950 bits per heavy atom. The summed E-state index contributed by atoms with van der Waals surface area (Å²) in [5.41, 5.74) is 2.15. The maximum Gasteiger partial charge on any atom is 0.400 e. The van der Waals surface area contributed by atoms with Gasteiger partial charge in [-0.05, 0) is 30.5 Å². The van der Waals surface area contributed by atoms with E-state index in [-0.39, 0.29) is 5.60 Å².